The molecular weight excluding hydrogens is 294 g/mol. The van der Waals surface area contributed by atoms with Crippen molar-refractivity contribution in [2.24, 2.45) is 0 Å². The molecule has 110 valence electrons. The maximum atomic E-state index is 6.26. The summed E-state index contributed by atoms with van der Waals surface area (Å²) >= 11 is 6.26. The van der Waals surface area contributed by atoms with Crippen LogP contribution in [0.2, 0.25) is 5.02 Å². The third-order valence-electron chi connectivity index (χ3n) is 4.34. The van der Waals surface area contributed by atoms with Crippen LogP contribution in [0.15, 0.2) is 54.6 Å². The Hall–Kier alpha value is -2.19. The minimum absolute atomic E-state index is 0.254. The van der Waals surface area contributed by atoms with Crippen molar-refractivity contribution < 1.29 is 4.74 Å². The Kier molecular flexibility index (Phi) is 3.20. The lowest BCUT2D eigenvalue weighted by Gasteiger charge is -2.14. The smallest absolute Gasteiger partial charge is 0.137 e. The molecule has 0 fully saturated rings. The van der Waals surface area contributed by atoms with Crippen LogP contribution in [0.4, 0.5) is 5.69 Å². The molecule has 0 aliphatic carbocycles. The van der Waals surface area contributed by atoms with Gasteiger partial charge in [0.1, 0.15) is 5.75 Å². The van der Waals surface area contributed by atoms with Crippen molar-refractivity contribution in [1.82, 2.24) is 0 Å². The Labute approximate surface area is 134 Å². The van der Waals surface area contributed by atoms with E-state index in [1.165, 1.54) is 27.6 Å². The van der Waals surface area contributed by atoms with E-state index in [1.54, 1.807) is 7.11 Å². The number of halogens is 1. The highest BCUT2D eigenvalue weighted by Crippen LogP contribution is 2.40. The molecule has 1 aliphatic heterocycles. The van der Waals surface area contributed by atoms with Crippen LogP contribution in [0.5, 0.6) is 5.75 Å². The molecule has 1 atom stereocenters. The fourth-order valence-electron chi connectivity index (χ4n) is 3.20. The van der Waals surface area contributed by atoms with Crippen molar-refractivity contribution in [2.45, 2.75) is 12.5 Å². The zero-order valence-electron chi connectivity index (χ0n) is 12.3. The van der Waals surface area contributed by atoms with Gasteiger partial charge in [-0.05, 0) is 35.1 Å². The monoisotopic (exact) mass is 309 g/mol. The number of hydrogen-bond acceptors (Lipinski definition) is 2. The summed E-state index contributed by atoms with van der Waals surface area (Å²) in [4.78, 5) is 0. The fraction of sp³-hybridized carbons (Fsp3) is 0.158. The van der Waals surface area contributed by atoms with Gasteiger partial charge in [-0.15, -0.1) is 0 Å². The molecule has 2 nitrogen and oxygen atoms in total. The van der Waals surface area contributed by atoms with E-state index in [9.17, 15) is 0 Å². The van der Waals surface area contributed by atoms with Crippen LogP contribution >= 0.6 is 11.6 Å². The SMILES string of the molecule is COc1ccc(C2Cc3ccc4ccccc4c3N2)cc1Cl. The maximum absolute atomic E-state index is 6.26. The summed E-state index contributed by atoms with van der Waals surface area (Å²) in [6.45, 7) is 0. The zero-order valence-corrected chi connectivity index (χ0v) is 13.0. The maximum Gasteiger partial charge on any atom is 0.137 e. The molecule has 1 unspecified atom stereocenters. The lowest BCUT2D eigenvalue weighted by Crippen LogP contribution is -2.05. The van der Waals surface area contributed by atoms with E-state index in [0.29, 0.717) is 10.8 Å². The second-order valence-corrected chi connectivity index (χ2v) is 6.02. The molecule has 0 spiro atoms. The van der Waals surface area contributed by atoms with Gasteiger partial charge in [-0.25, -0.2) is 0 Å². The van der Waals surface area contributed by atoms with Gasteiger partial charge in [0.25, 0.3) is 0 Å². The second-order valence-electron chi connectivity index (χ2n) is 5.62. The molecule has 0 aromatic heterocycles. The fourth-order valence-corrected chi connectivity index (χ4v) is 3.47. The van der Waals surface area contributed by atoms with Gasteiger partial charge in [0.15, 0.2) is 0 Å². The van der Waals surface area contributed by atoms with Gasteiger partial charge in [-0.2, -0.15) is 0 Å². The number of hydrogen-bond donors (Lipinski definition) is 1. The lowest BCUT2D eigenvalue weighted by molar-refractivity contribution is 0.415. The van der Waals surface area contributed by atoms with E-state index in [0.717, 1.165) is 6.42 Å². The largest absolute Gasteiger partial charge is 0.495 e. The molecule has 0 bridgehead atoms. The molecule has 3 aromatic rings. The highest BCUT2D eigenvalue weighted by Gasteiger charge is 2.24. The first kappa shape index (κ1) is 13.5. The molecule has 1 aliphatic rings. The number of benzene rings is 3. The summed E-state index contributed by atoms with van der Waals surface area (Å²) in [7, 11) is 1.64. The van der Waals surface area contributed by atoms with Crippen molar-refractivity contribution in [3.05, 3.63) is 70.7 Å². The summed E-state index contributed by atoms with van der Waals surface area (Å²) < 4.78 is 5.23. The lowest BCUT2D eigenvalue weighted by atomic mass is 10.0. The average molecular weight is 310 g/mol. The van der Waals surface area contributed by atoms with Crippen LogP contribution in [-0.2, 0) is 6.42 Å². The van der Waals surface area contributed by atoms with Crippen LogP contribution in [0.3, 0.4) is 0 Å². The number of fused-ring (bicyclic) bond motifs is 3. The van der Waals surface area contributed by atoms with E-state index >= 15 is 0 Å². The molecule has 0 amide bonds. The van der Waals surface area contributed by atoms with Crippen LogP contribution in [0.1, 0.15) is 17.2 Å². The Morgan fingerprint density at radius 2 is 1.95 bits per heavy atom. The van der Waals surface area contributed by atoms with Gasteiger partial charge in [0, 0.05) is 11.1 Å². The van der Waals surface area contributed by atoms with Crippen molar-refractivity contribution in [3.63, 3.8) is 0 Å². The summed E-state index contributed by atoms with van der Waals surface area (Å²) in [5.41, 5.74) is 3.79. The van der Waals surface area contributed by atoms with E-state index in [2.05, 4.69) is 47.8 Å². The van der Waals surface area contributed by atoms with Crippen LogP contribution in [0.25, 0.3) is 10.8 Å². The molecule has 4 rings (SSSR count). The Bertz CT molecular complexity index is 859. The third kappa shape index (κ3) is 2.11. The van der Waals surface area contributed by atoms with Gasteiger partial charge in [-0.3, -0.25) is 0 Å². The van der Waals surface area contributed by atoms with Gasteiger partial charge < -0.3 is 10.1 Å². The van der Waals surface area contributed by atoms with Crippen molar-refractivity contribution >= 4 is 28.1 Å². The highest BCUT2D eigenvalue weighted by molar-refractivity contribution is 6.32. The number of ether oxygens (including phenoxy) is 1. The topological polar surface area (TPSA) is 21.3 Å². The van der Waals surface area contributed by atoms with Gasteiger partial charge in [0.2, 0.25) is 0 Å². The second kappa shape index (κ2) is 5.22. The first-order valence-corrected chi connectivity index (χ1v) is 7.74. The minimum Gasteiger partial charge on any atom is -0.495 e. The third-order valence-corrected chi connectivity index (χ3v) is 4.63. The predicted octanol–water partition coefficient (Wildman–Crippen LogP) is 5.21. The Morgan fingerprint density at radius 3 is 2.77 bits per heavy atom. The van der Waals surface area contributed by atoms with E-state index in [4.69, 9.17) is 16.3 Å². The molecule has 1 heterocycles. The standard InChI is InChI=1S/C19H16ClNO/c1-22-18-9-8-13(10-16(18)20)17-11-14-7-6-12-4-2-3-5-15(12)19(14)21-17/h2-10,17,21H,11H2,1H3. The van der Waals surface area contributed by atoms with Crippen molar-refractivity contribution in [1.29, 1.82) is 0 Å². The van der Waals surface area contributed by atoms with Crippen LogP contribution in [-0.4, -0.2) is 7.11 Å². The molecular formula is C19H16ClNO. The molecule has 3 aromatic carbocycles. The first-order chi connectivity index (χ1) is 10.8. The number of rotatable bonds is 2. The van der Waals surface area contributed by atoms with Crippen molar-refractivity contribution in [3.8, 4) is 5.75 Å². The van der Waals surface area contributed by atoms with E-state index in [1.807, 2.05) is 12.1 Å². The molecule has 0 saturated carbocycles. The van der Waals surface area contributed by atoms with Gasteiger partial charge in [-0.1, -0.05) is 54.1 Å². The molecule has 22 heavy (non-hydrogen) atoms. The average Bonchev–Trinajstić information content (AvgIpc) is 2.99. The number of methoxy groups -OCH3 is 1. The predicted molar refractivity (Wildman–Crippen MR) is 92.0 cm³/mol. The molecule has 3 heteroatoms. The zero-order chi connectivity index (χ0) is 15.1. The summed E-state index contributed by atoms with van der Waals surface area (Å²) in [5.74, 6) is 0.714. The van der Waals surface area contributed by atoms with Crippen molar-refractivity contribution in [2.75, 3.05) is 12.4 Å². The normalized spacial score (nSPS) is 16.4. The van der Waals surface area contributed by atoms with Gasteiger partial charge >= 0.3 is 0 Å². The Morgan fingerprint density at radius 1 is 1.09 bits per heavy atom. The van der Waals surface area contributed by atoms with Crippen LogP contribution < -0.4 is 10.1 Å². The molecule has 0 radical (unpaired) electrons. The van der Waals surface area contributed by atoms with Crippen LogP contribution in [0, 0.1) is 0 Å². The van der Waals surface area contributed by atoms with Gasteiger partial charge in [0.05, 0.1) is 18.2 Å². The summed E-state index contributed by atoms with van der Waals surface area (Å²) in [5, 5.41) is 6.86. The molecule has 0 saturated heterocycles. The summed E-state index contributed by atoms with van der Waals surface area (Å²) in [6, 6.07) is 19.1. The highest BCUT2D eigenvalue weighted by atomic mass is 35.5. The number of anilines is 1. The number of nitrogens with one attached hydrogen (secondary N) is 1. The van der Waals surface area contributed by atoms with E-state index < -0.39 is 0 Å². The van der Waals surface area contributed by atoms with E-state index in [-0.39, 0.29) is 6.04 Å². The molecule has 1 N–H and O–H groups in total. The first-order valence-electron chi connectivity index (χ1n) is 7.37. The Balaban J connectivity index is 1.72. The quantitative estimate of drug-likeness (QED) is 0.701. The summed E-state index contributed by atoms with van der Waals surface area (Å²) in [6.07, 6.45) is 0.975. The minimum atomic E-state index is 0.254.